The van der Waals surface area contributed by atoms with Crippen LogP contribution >= 0.6 is 0 Å². The van der Waals surface area contributed by atoms with E-state index in [0.717, 1.165) is 39.2 Å². The van der Waals surface area contributed by atoms with Gasteiger partial charge in [-0.15, -0.1) is 0 Å². The van der Waals surface area contributed by atoms with Gasteiger partial charge in [0.05, 0.1) is 11.0 Å². The molecule has 0 saturated carbocycles. The zero-order chi connectivity index (χ0) is 30.6. The van der Waals surface area contributed by atoms with Crippen molar-refractivity contribution in [1.29, 1.82) is 0 Å². The van der Waals surface area contributed by atoms with E-state index in [9.17, 15) is 0 Å². The molecule has 0 aliphatic rings. The number of aromatic nitrogens is 2. The molecule has 8 aromatic carbocycles. The summed E-state index contributed by atoms with van der Waals surface area (Å²) < 4.78 is 2.38. The molecule has 2 heteroatoms. The van der Waals surface area contributed by atoms with Crippen LogP contribution in [0.1, 0.15) is 5.56 Å². The smallest absolute Gasteiger partial charge is 0.145 e. The van der Waals surface area contributed by atoms with Gasteiger partial charge in [-0.3, -0.25) is 4.57 Å². The van der Waals surface area contributed by atoms with Gasteiger partial charge < -0.3 is 0 Å². The first kappa shape index (κ1) is 26.4. The van der Waals surface area contributed by atoms with Gasteiger partial charge in [0.2, 0.25) is 0 Å². The van der Waals surface area contributed by atoms with Crippen LogP contribution in [-0.4, -0.2) is 9.55 Å². The quantitative estimate of drug-likeness (QED) is 0.201. The second-order valence-electron chi connectivity index (χ2n) is 12.1. The summed E-state index contributed by atoms with van der Waals surface area (Å²) in [5.41, 5.74) is 10.2. The van der Waals surface area contributed by atoms with Gasteiger partial charge in [0.25, 0.3) is 0 Å². The van der Waals surface area contributed by atoms with E-state index < -0.39 is 0 Å². The molecule has 0 bridgehead atoms. The minimum atomic E-state index is 0.931. The number of benzene rings is 8. The van der Waals surface area contributed by atoms with E-state index >= 15 is 0 Å². The van der Waals surface area contributed by atoms with Gasteiger partial charge in [-0.1, -0.05) is 145 Å². The number of rotatable bonds is 4. The molecule has 2 nitrogen and oxygen atoms in total. The van der Waals surface area contributed by atoms with E-state index in [1.54, 1.807) is 0 Å². The number of fused-ring (bicyclic) bond motifs is 4. The van der Waals surface area contributed by atoms with Crippen LogP contribution < -0.4 is 0 Å². The SMILES string of the molecule is Cc1ccc(-c2nc3c(-c4ccc5ccccc5c4)c4ccccc4c(-c4ccc5ccccc5c4)c3n2-c2ccccc2)cc1. The Labute approximate surface area is 267 Å². The lowest BCUT2D eigenvalue weighted by atomic mass is 9.89. The molecule has 216 valence electrons. The first-order chi connectivity index (χ1) is 22.7. The zero-order valence-corrected chi connectivity index (χ0v) is 25.5. The fourth-order valence-corrected chi connectivity index (χ4v) is 7.00. The molecule has 1 aromatic heterocycles. The maximum absolute atomic E-state index is 5.61. The predicted octanol–water partition coefficient (Wildman–Crippen LogP) is 11.8. The van der Waals surface area contributed by atoms with E-state index in [0.29, 0.717) is 0 Å². The normalized spacial score (nSPS) is 11.6. The lowest BCUT2D eigenvalue weighted by molar-refractivity contribution is 1.10. The van der Waals surface area contributed by atoms with E-state index in [1.165, 1.54) is 49.0 Å². The average Bonchev–Trinajstić information content (AvgIpc) is 3.50. The molecule has 0 N–H and O–H groups in total. The minimum absolute atomic E-state index is 0.931. The third-order valence-electron chi connectivity index (χ3n) is 9.22. The molecule has 9 rings (SSSR count). The van der Waals surface area contributed by atoms with Gasteiger partial charge in [0.1, 0.15) is 5.82 Å². The van der Waals surface area contributed by atoms with Crippen molar-refractivity contribution in [2.45, 2.75) is 6.92 Å². The molecule has 9 aromatic rings. The Morgan fingerprint density at radius 2 is 0.935 bits per heavy atom. The molecule has 0 fully saturated rings. The highest BCUT2D eigenvalue weighted by atomic mass is 15.1. The van der Waals surface area contributed by atoms with Crippen LogP contribution in [0.15, 0.2) is 164 Å². The van der Waals surface area contributed by atoms with Crippen molar-refractivity contribution >= 4 is 43.4 Å². The lowest BCUT2D eigenvalue weighted by Crippen LogP contribution is -1.99. The highest BCUT2D eigenvalue weighted by Gasteiger charge is 2.25. The Kier molecular flexibility index (Phi) is 6.07. The zero-order valence-electron chi connectivity index (χ0n) is 25.5. The van der Waals surface area contributed by atoms with Gasteiger partial charge in [0.15, 0.2) is 0 Å². The van der Waals surface area contributed by atoms with Crippen LogP contribution in [0.4, 0.5) is 0 Å². The molecule has 0 spiro atoms. The van der Waals surface area contributed by atoms with Crippen molar-refractivity contribution in [2.24, 2.45) is 0 Å². The fraction of sp³-hybridized carbons (Fsp3) is 0.0227. The monoisotopic (exact) mass is 586 g/mol. The van der Waals surface area contributed by atoms with Crippen LogP contribution in [0.2, 0.25) is 0 Å². The van der Waals surface area contributed by atoms with Crippen molar-refractivity contribution < 1.29 is 0 Å². The number of nitrogens with zero attached hydrogens (tertiary/aromatic N) is 2. The summed E-state index contributed by atoms with van der Waals surface area (Å²) in [7, 11) is 0. The molecule has 0 unspecified atom stereocenters. The number of hydrogen-bond donors (Lipinski definition) is 0. The molecule has 0 aliphatic carbocycles. The van der Waals surface area contributed by atoms with Crippen LogP contribution in [-0.2, 0) is 0 Å². The Morgan fingerprint density at radius 1 is 0.435 bits per heavy atom. The first-order valence-corrected chi connectivity index (χ1v) is 15.8. The summed E-state index contributed by atoms with van der Waals surface area (Å²) >= 11 is 0. The Hall–Kier alpha value is -5.99. The minimum Gasteiger partial charge on any atom is -0.292 e. The molecular weight excluding hydrogens is 556 g/mol. The van der Waals surface area contributed by atoms with Crippen LogP contribution in [0.5, 0.6) is 0 Å². The predicted molar refractivity (Wildman–Crippen MR) is 195 cm³/mol. The maximum Gasteiger partial charge on any atom is 0.145 e. The third-order valence-corrected chi connectivity index (χ3v) is 9.22. The second kappa shape index (κ2) is 10.6. The van der Waals surface area contributed by atoms with Crippen LogP contribution in [0.25, 0.3) is 82.7 Å². The van der Waals surface area contributed by atoms with Crippen molar-refractivity contribution in [3.05, 3.63) is 169 Å². The summed E-state index contributed by atoms with van der Waals surface area (Å²) in [6, 6.07) is 59.1. The van der Waals surface area contributed by atoms with Gasteiger partial charge in [-0.2, -0.15) is 0 Å². The lowest BCUT2D eigenvalue weighted by Gasteiger charge is -2.18. The fourth-order valence-electron chi connectivity index (χ4n) is 7.00. The summed E-state index contributed by atoms with van der Waals surface area (Å²) in [6.45, 7) is 2.13. The van der Waals surface area contributed by atoms with E-state index in [4.69, 9.17) is 4.98 Å². The molecule has 0 radical (unpaired) electrons. The topological polar surface area (TPSA) is 17.8 Å². The summed E-state index contributed by atoms with van der Waals surface area (Å²) in [4.78, 5) is 5.61. The first-order valence-electron chi connectivity index (χ1n) is 15.8. The van der Waals surface area contributed by atoms with Crippen LogP contribution in [0.3, 0.4) is 0 Å². The number of para-hydroxylation sites is 1. The maximum atomic E-state index is 5.61. The number of hydrogen-bond acceptors (Lipinski definition) is 1. The summed E-state index contributed by atoms with van der Waals surface area (Å²) in [5.74, 6) is 0.931. The Morgan fingerprint density at radius 3 is 1.57 bits per heavy atom. The number of imidazole rings is 1. The average molecular weight is 587 g/mol. The second-order valence-corrected chi connectivity index (χ2v) is 12.1. The van der Waals surface area contributed by atoms with Crippen molar-refractivity contribution in [3.63, 3.8) is 0 Å². The molecule has 0 amide bonds. The number of aryl methyl sites for hydroxylation is 1. The van der Waals surface area contributed by atoms with Crippen molar-refractivity contribution in [3.8, 4) is 39.3 Å². The van der Waals surface area contributed by atoms with E-state index in [1.807, 2.05) is 0 Å². The molecule has 0 aliphatic heterocycles. The molecule has 0 saturated heterocycles. The highest BCUT2D eigenvalue weighted by molar-refractivity contribution is 6.21. The van der Waals surface area contributed by atoms with Gasteiger partial charge in [-0.25, -0.2) is 4.98 Å². The van der Waals surface area contributed by atoms with Gasteiger partial charge >= 0.3 is 0 Å². The Bertz CT molecular complexity index is 2570. The van der Waals surface area contributed by atoms with Crippen LogP contribution in [0, 0.1) is 6.92 Å². The summed E-state index contributed by atoms with van der Waals surface area (Å²) in [6.07, 6.45) is 0. The molecule has 1 heterocycles. The van der Waals surface area contributed by atoms with Crippen molar-refractivity contribution in [1.82, 2.24) is 9.55 Å². The molecule has 0 atom stereocenters. The van der Waals surface area contributed by atoms with Gasteiger partial charge in [-0.05, 0) is 74.6 Å². The van der Waals surface area contributed by atoms with E-state index in [-0.39, 0.29) is 0 Å². The van der Waals surface area contributed by atoms with Crippen molar-refractivity contribution in [2.75, 3.05) is 0 Å². The highest BCUT2D eigenvalue weighted by Crippen LogP contribution is 2.46. The summed E-state index contributed by atoms with van der Waals surface area (Å²) in [5, 5.41) is 7.31. The standard InChI is InChI=1S/C44H30N2/c1-29-19-21-32(22-20-29)44-45-42-40(35-25-23-30-11-5-7-13-33(30)27-35)38-17-9-10-18-39(38)41(43(42)46(44)37-15-3-2-4-16-37)36-26-24-31-12-6-8-14-34(31)28-36/h2-28H,1H3. The Balaban J connectivity index is 1.50. The molecule has 46 heavy (non-hydrogen) atoms. The molecular formula is C44H30N2. The largest absolute Gasteiger partial charge is 0.292 e. The van der Waals surface area contributed by atoms with E-state index in [2.05, 4.69) is 175 Å². The van der Waals surface area contributed by atoms with Gasteiger partial charge in [0, 0.05) is 22.4 Å². The third kappa shape index (κ3) is 4.22.